The molecule has 0 aliphatic heterocycles. The van der Waals surface area contributed by atoms with E-state index in [1.165, 1.54) is 36.4 Å². The van der Waals surface area contributed by atoms with E-state index in [-0.39, 0.29) is 11.3 Å². The summed E-state index contributed by atoms with van der Waals surface area (Å²) in [6, 6.07) is 11.9. The maximum absolute atomic E-state index is 13.8. The van der Waals surface area contributed by atoms with Crippen LogP contribution in [0.2, 0.25) is 5.02 Å². The van der Waals surface area contributed by atoms with Crippen molar-refractivity contribution < 1.29 is 50.2 Å². The lowest BCUT2D eigenvalue weighted by Gasteiger charge is -2.15. The molecule has 40 heavy (non-hydrogen) atoms. The van der Waals surface area contributed by atoms with Crippen LogP contribution in [0, 0.1) is 5.82 Å². The van der Waals surface area contributed by atoms with Gasteiger partial charge < -0.3 is 15.2 Å². The van der Waals surface area contributed by atoms with Crippen molar-refractivity contribution in [1.29, 1.82) is 0 Å². The first-order valence-electron chi connectivity index (χ1n) is 11.1. The van der Waals surface area contributed by atoms with Crippen LogP contribution >= 0.6 is 11.6 Å². The quantitative estimate of drug-likeness (QED) is 0.270. The summed E-state index contributed by atoms with van der Waals surface area (Å²) in [5.74, 6) is -3.45. The molecule has 0 aliphatic carbocycles. The number of hydrogen-bond acceptors (Lipinski definition) is 6. The summed E-state index contributed by atoms with van der Waals surface area (Å²) in [5, 5.41) is 12.1. The number of nitrogens with one attached hydrogen (secondary N) is 2. The van der Waals surface area contributed by atoms with Gasteiger partial charge in [-0.3, -0.25) is 14.9 Å². The SMILES string of the molecule is O=C(Nc1cc(C(F)(F)F)ccc1F)OCCC(C(=O)O)S(=O)(=O)c1ccc(NC(=O)c2ccc(Cl)cc2)cc1. The van der Waals surface area contributed by atoms with Crippen LogP contribution < -0.4 is 10.6 Å². The summed E-state index contributed by atoms with van der Waals surface area (Å²) in [5.41, 5.74) is -1.58. The summed E-state index contributed by atoms with van der Waals surface area (Å²) in [6.07, 6.45) is -6.97. The number of anilines is 2. The third-order valence-corrected chi connectivity index (χ3v) is 7.71. The zero-order valence-corrected chi connectivity index (χ0v) is 21.6. The molecule has 0 saturated carbocycles. The minimum absolute atomic E-state index is 0.215. The highest BCUT2D eigenvalue weighted by Gasteiger charge is 2.34. The van der Waals surface area contributed by atoms with Gasteiger partial charge in [-0.15, -0.1) is 0 Å². The van der Waals surface area contributed by atoms with Crippen LogP contribution in [0.1, 0.15) is 22.3 Å². The summed E-state index contributed by atoms with van der Waals surface area (Å²) < 4.78 is 82.7. The molecule has 3 aromatic carbocycles. The summed E-state index contributed by atoms with van der Waals surface area (Å²) in [7, 11) is -4.51. The molecule has 212 valence electrons. The van der Waals surface area contributed by atoms with Gasteiger partial charge >= 0.3 is 18.2 Å². The molecule has 0 aliphatic rings. The van der Waals surface area contributed by atoms with Crippen LogP contribution in [-0.4, -0.2) is 43.4 Å². The van der Waals surface area contributed by atoms with Crippen LogP contribution in [0.15, 0.2) is 71.6 Å². The largest absolute Gasteiger partial charge is 0.480 e. The lowest BCUT2D eigenvalue weighted by Crippen LogP contribution is -2.32. The first-order chi connectivity index (χ1) is 18.7. The Hall–Kier alpha value is -4.17. The zero-order valence-electron chi connectivity index (χ0n) is 20.0. The van der Waals surface area contributed by atoms with Gasteiger partial charge in [-0.05, 0) is 66.7 Å². The Bertz CT molecular complexity index is 1510. The van der Waals surface area contributed by atoms with E-state index in [0.717, 1.165) is 12.1 Å². The molecule has 3 N–H and O–H groups in total. The maximum Gasteiger partial charge on any atom is 0.416 e. The van der Waals surface area contributed by atoms with Gasteiger partial charge in [0.05, 0.1) is 22.8 Å². The molecule has 1 atom stereocenters. The van der Waals surface area contributed by atoms with Crippen LogP contribution in [0.25, 0.3) is 0 Å². The van der Waals surface area contributed by atoms with E-state index in [2.05, 4.69) is 10.1 Å². The highest BCUT2D eigenvalue weighted by Crippen LogP contribution is 2.32. The molecule has 0 saturated heterocycles. The fourth-order valence-corrected chi connectivity index (χ4v) is 4.95. The second-order valence-corrected chi connectivity index (χ2v) is 10.7. The summed E-state index contributed by atoms with van der Waals surface area (Å²) in [4.78, 5) is 35.5. The number of amides is 2. The fourth-order valence-electron chi connectivity index (χ4n) is 3.31. The number of aliphatic carboxylic acids is 1. The Kier molecular flexibility index (Phi) is 9.37. The van der Waals surface area contributed by atoms with E-state index < -0.39 is 74.2 Å². The number of hydrogen-bond donors (Lipinski definition) is 3. The number of rotatable bonds is 9. The van der Waals surface area contributed by atoms with Gasteiger partial charge in [-0.1, -0.05) is 11.6 Å². The van der Waals surface area contributed by atoms with Gasteiger partial charge in [-0.2, -0.15) is 13.2 Å². The third kappa shape index (κ3) is 7.70. The average Bonchev–Trinajstić information content (AvgIpc) is 2.87. The van der Waals surface area contributed by atoms with Gasteiger partial charge in [-0.25, -0.2) is 17.6 Å². The second-order valence-electron chi connectivity index (χ2n) is 8.10. The van der Waals surface area contributed by atoms with Crippen molar-refractivity contribution in [2.45, 2.75) is 22.7 Å². The molecular weight excluding hydrogens is 584 g/mol. The van der Waals surface area contributed by atoms with Crippen molar-refractivity contribution >= 4 is 50.8 Å². The lowest BCUT2D eigenvalue weighted by atomic mass is 10.2. The Balaban J connectivity index is 1.63. The topological polar surface area (TPSA) is 139 Å². The van der Waals surface area contributed by atoms with Gasteiger partial charge in [0.15, 0.2) is 15.1 Å². The molecule has 0 bridgehead atoms. The zero-order chi connectivity index (χ0) is 29.7. The molecule has 2 amide bonds. The Morgan fingerprint density at radius 2 is 1.57 bits per heavy atom. The van der Waals surface area contributed by atoms with E-state index in [1.807, 2.05) is 0 Å². The highest BCUT2D eigenvalue weighted by atomic mass is 35.5. The monoisotopic (exact) mass is 602 g/mol. The van der Waals surface area contributed by atoms with E-state index in [9.17, 15) is 45.5 Å². The Morgan fingerprint density at radius 3 is 2.15 bits per heavy atom. The minimum Gasteiger partial charge on any atom is -0.480 e. The van der Waals surface area contributed by atoms with Crippen molar-refractivity contribution in [3.05, 3.63) is 88.7 Å². The standard InChI is InChI=1S/C25H19ClF4N2O7S/c26-16-4-1-14(2-5-16)22(33)31-17-6-8-18(9-7-17)40(37,38)21(23(34)35)11-12-39-24(36)32-20-13-15(25(28,29)30)3-10-19(20)27/h1-10,13,21H,11-12H2,(H,31,33)(H,32,36)(H,34,35). The number of carboxylic acids is 1. The van der Waals surface area contributed by atoms with E-state index in [1.54, 1.807) is 5.32 Å². The molecule has 0 aromatic heterocycles. The molecular formula is C25H19ClF4N2O7S. The van der Waals surface area contributed by atoms with E-state index in [4.69, 9.17) is 11.6 Å². The molecule has 3 rings (SSSR count). The van der Waals surface area contributed by atoms with Crippen molar-refractivity contribution in [1.82, 2.24) is 0 Å². The van der Waals surface area contributed by atoms with Gasteiger partial charge in [0.1, 0.15) is 5.82 Å². The van der Waals surface area contributed by atoms with E-state index >= 15 is 0 Å². The number of halogens is 5. The highest BCUT2D eigenvalue weighted by molar-refractivity contribution is 7.92. The first-order valence-corrected chi connectivity index (χ1v) is 13.0. The molecule has 0 radical (unpaired) electrons. The van der Waals surface area contributed by atoms with Crippen LogP contribution in [0.4, 0.5) is 33.7 Å². The molecule has 0 heterocycles. The normalized spacial score (nSPS) is 12.3. The fraction of sp³-hybridized carbons (Fsp3) is 0.160. The number of sulfone groups is 1. The molecule has 1 unspecified atom stereocenters. The Morgan fingerprint density at radius 1 is 0.950 bits per heavy atom. The van der Waals surface area contributed by atoms with Crippen molar-refractivity contribution in [2.24, 2.45) is 0 Å². The van der Waals surface area contributed by atoms with Crippen LogP contribution in [0.3, 0.4) is 0 Å². The number of carbonyl (C=O) groups is 3. The van der Waals surface area contributed by atoms with Crippen molar-refractivity contribution in [2.75, 3.05) is 17.2 Å². The van der Waals surface area contributed by atoms with Gasteiger partial charge in [0.2, 0.25) is 0 Å². The maximum atomic E-state index is 13.8. The van der Waals surface area contributed by atoms with E-state index in [0.29, 0.717) is 23.2 Å². The molecule has 0 fully saturated rings. The third-order valence-electron chi connectivity index (χ3n) is 5.34. The number of carbonyl (C=O) groups excluding carboxylic acids is 2. The average molecular weight is 603 g/mol. The number of alkyl halides is 3. The number of ether oxygens (including phenoxy) is 1. The van der Waals surface area contributed by atoms with Crippen LogP contribution in [-0.2, 0) is 25.5 Å². The predicted octanol–water partition coefficient (Wildman–Crippen LogP) is 5.62. The molecule has 15 heteroatoms. The lowest BCUT2D eigenvalue weighted by molar-refractivity contribution is -0.138. The molecule has 0 spiro atoms. The van der Waals surface area contributed by atoms with Gasteiger partial charge in [0, 0.05) is 22.7 Å². The van der Waals surface area contributed by atoms with Crippen LogP contribution in [0.5, 0.6) is 0 Å². The smallest absolute Gasteiger partial charge is 0.416 e. The second kappa shape index (κ2) is 12.3. The number of carboxylic acid groups (broad SMARTS) is 1. The van der Waals surface area contributed by atoms with Crippen molar-refractivity contribution in [3.8, 4) is 0 Å². The predicted molar refractivity (Wildman–Crippen MR) is 135 cm³/mol. The first kappa shape index (κ1) is 30.4. The minimum atomic E-state index is -4.81. The number of benzene rings is 3. The molecule has 9 nitrogen and oxygen atoms in total. The molecule has 3 aromatic rings. The summed E-state index contributed by atoms with van der Waals surface area (Å²) >= 11 is 5.78. The van der Waals surface area contributed by atoms with Gasteiger partial charge in [0.25, 0.3) is 5.91 Å². The Labute approximate surface area is 229 Å². The summed E-state index contributed by atoms with van der Waals surface area (Å²) in [6.45, 7) is -0.780. The van der Waals surface area contributed by atoms with Crippen molar-refractivity contribution in [3.63, 3.8) is 0 Å².